The van der Waals surface area contributed by atoms with Crippen LogP contribution in [0.3, 0.4) is 0 Å². The summed E-state index contributed by atoms with van der Waals surface area (Å²) in [4.78, 5) is 13.6. The van der Waals surface area contributed by atoms with E-state index in [1.165, 1.54) is 12.5 Å². The zero-order chi connectivity index (χ0) is 19.8. The van der Waals surface area contributed by atoms with Crippen molar-refractivity contribution in [1.29, 1.82) is 5.53 Å². The molecule has 2 aromatic carbocycles. The maximum atomic E-state index is 11.3. The van der Waals surface area contributed by atoms with E-state index in [9.17, 15) is 4.79 Å². The summed E-state index contributed by atoms with van der Waals surface area (Å²) in [5.74, 6) is 2.39. The molecule has 28 heavy (non-hydrogen) atoms. The Balaban J connectivity index is 1.53. The van der Waals surface area contributed by atoms with Gasteiger partial charge in [0, 0.05) is 19.2 Å². The summed E-state index contributed by atoms with van der Waals surface area (Å²) in [6, 6.07) is 18.2. The summed E-state index contributed by atoms with van der Waals surface area (Å²) in [7, 11) is 2.01. The van der Waals surface area contributed by atoms with Crippen LogP contribution in [-0.4, -0.2) is 37.7 Å². The van der Waals surface area contributed by atoms with Crippen LogP contribution in [0, 0.1) is 5.53 Å². The Labute approximate surface area is 167 Å². The molecule has 6 heteroatoms. The van der Waals surface area contributed by atoms with Gasteiger partial charge in [0.05, 0.1) is 5.70 Å². The minimum Gasteiger partial charge on any atom is -0.326 e. The first-order valence-electron chi connectivity index (χ1n) is 9.70. The van der Waals surface area contributed by atoms with Gasteiger partial charge < -0.3 is 5.32 Å². The zero-order valence-electron chi connectivity index (χ0n) is 16.3. The second-order valence-electron chi connectivity index (χ2n) is 7.20. The van der Waals surface area contributed by atoms with Crippen molar-refractivity contribution in [3.63, 3.8) is 0 Å². The van der Waals surface area contributed by atoms with Crippen LogP contribution in [0.15, 0.2) is 71.4 Å². The number of carbonyl (C=O) groups is 1. The lowest BCUT2D eigenvalue weighted by Crippen LogP contribution is -2.34. The number of rotatable bonds is 7. The molecule has 1 saturated heterocycles. The van der Waals surface area contributed by atoms with Crippen LogP contribution in [0.2, 0.25) is 0 Å². The predicted molar refractivity (Wildman–Crippen MR) is 114 cm³/mol. The van der Waals surface area contributed by atoms with Crippen molar-refractivity contribution in [3.05, 3.63) is 71.8 Å². The second kappa shape index (κ2) is 9.99. The number of piperidine rings is 1. The molecule has 2 N–H and O–H groups in total. The summed E-state index contributed by atoms with van der Waals surface area (Å²) < 4.78 is 0. The Bertz CT molecular complexity index is 829. The molecule has 5 nitrogen and oxygen atoms in total. The number of likely N-dealkylation sites (tertiary alicyclic amines) is 1. The van der Waals surface area contributed by atoms with E-state index >= 15 is 0 Å². The molecule has 0 saturated carbocycles. The fourth-order valence-corrected chi connectivity index (χ4v) is 3.61. The molecular weight excluding hydrogens is 347 g/mol. The van der Waals surface area contributed by atoms with Gasteiger partial charge in [0.1, 0.15) is 0 Å². The summed E-state index contributed by atoms with van der Waals surface area (Å²) in [6.45, 7) is 4.19. The van der Waals surface area contributed by atoms with Gasteiger partial charge in [-0.2, -0.15) is 5.11 Å². The fraction of sp³-hybridized carbons (Fsp3) is 0.318. The van der Waals surface area contributed by atoms with E-state index in [4.69, 9.17) is 5.53 Å². The van der Waals surface area contributed by atoms with E-state index in [0.29, 0.717) is 12.5 Å². The average Bonchev–Trinajstić information content (AvgIpc) is 2.72. The highest BCUT2D eigenvalue weighted by atomic mass is 16.1. The largest absolute Gasteiger partial charge is 0.326 e. The standard InChI is InChI=1S/C22H26BN4O/c1-17(28)25-21-9-5-6-19(14-21)18-10-12-27(13-11-18)16-22(26-24)15-23-20-7-3-2-4-8-20/h2-9,14-15,18,24H,10-13,16H2,1H3,(H,25,28)/b22-15-,26-24?. The van der Waals surface area contributed by atoms with Crippen LogP contribution in [0.4, 0.5) is 5.69 Å². The van der Waals surface area contributed by atoms with E-state index in [2.05, 4.69) is 27.5 Å². The van der Waals surface area contributed by atoms with Crippen LogP contribution >= 0.6 is 0 Å². The summed E-state index contributed by atoms with van der Waals surface area (Å²) in [5.41, 5.74) is 11.5. The van der Waals surface area contributed by atoms with E-state index < -0.39 is 0 Å². The van der Waals surface area contributed by atoms with Gasteiger partial charge in [0.25, 0.3) is 0 Å². The van der Waals surface area contributed by atoms with Gasteiger partial charge in [0.2, 0.25) is 5.91 Å². The molecule has 3 rings (SSSR count). The normalized spacial score (nSPS) is 15.8. The minimum atomic E-state index is -0.0438. The second-order valence-corrected chi connectivity index (χ2v) is 7.20. The van der Waals surface area contributed by atoms with E-state index in [1.807, 2.05) is 55.7 Å². The van der Waals surface area contributed by atoms with Gasteiger partial charge in [-0.25, -0.2) is 5.53 Å². The highest BCUT2D eigenvalue weighted by Gasteiger charge is 2.21. The van der Waals surface area contributed by atoms with Gasteiger partial charge in [-0.3, -0.25) is 9.69 Å². The molecule has 1 fully saturated rings. The van der Waals surface area contributed by atoms with E-state index in [-0.39, 0.29) is 5.91 Å². The monoisotopic (exact) mass is 373 g/mol. The first kappa shape index (κ1) is 20.0. The zero-order valence-corrected chi connectivity index (χ0v) is 16.3. The van der Waals surface area contributed by atoms with Crippen LogP contribution in [0.1, 0.15) is 31.2 Å². The fourth-order valence-electron chi connectivity index (χ4n) is 3.61. The molecule has 0 aliphatic carbocycles. The average molecular weight is 373 g/mol. The molecule has 0 unspecified atom stereocenters. The lowest BCUT2D eigenvalue weighted by molar-refractivity contribution is -0.114. The summed E-state index contributed by atoms with van der Waals surface area (Å²) in [5, 5.41) is 6.57. The number of carbonyl (C=O) groups excluding carboxylic acids is 1. The molecule has 143 valence electrons. The molecule has 1 amide bonds. The lowest BCUT2D eigenvalue weighted by Gasteiger charge is -2.32. The molecule has 1 aliphatic rings. The maximum absolute atomic E-state index is 11.3. The third-order valence-electron chi connectivity index (χ3n) is 5.06. The SMILES string of the molecule is CC(=O)Nc1cccc(C2CCN(C/C(=C/[B]c3ccccc3)N=N)CC2)c1. The van der Waals surface area contributed by atoms with Gasteiger partial charge in [-0.05, 0) is 49.5 Å². The highest BCUT2D eigenvalue weighted by Crippen LogP contribution is 2.29. The van der Waals surface area contributed by atoms with Crippen LogP contribution < -0.4 is 10.8 Å². The van der Waals surface area contributed by atoms with E-state index in [0.717, 1.165) is 42.8 Å². The van der Waals surface area contributed by atoms with E-state index in [1.54, 1.807) is 0 Å². The molecule has 0 aromatic heterocycles. The predicted octanol–water partition coefficient (Wildman–Crippen LogP) is 3.73. The van der Waals surface area contributed by atoms with Gasteiger partial charge >= 0.3 is 0 Å². The Morgan fingerprint density at radius 2 is 1.96 bits per heavy atom. The Morgan fingerprint density at radius 3 is 2.64 bits per heavy atom. The topological polar surface area (TPSA) is 68.6 Å². The number of benzene rings is 2. The Kier molecular flexibility index (Phi) is 7.15. The molecule has 1 radical (unpaired) electrons. The lowest BCUT2D eigenvalue weighted by atomic mass is 9.70. The molecule has 2 aromatic rings. The van der Waals surface area contributed by atoms with Crippen molar-refractivity contribution in [2.75, 3.05) is 25.0 Å². The molecule has 0 spiro atoms. The highest BCUT2D eigenvalue weighted by molar-refractivity contribution is 6.58. The van der Waals surface area contributed by atoms with Gasteiger partial charge in [-0.1, -0.05) is 53.9 Å². The molecule has 1 aliphatic heterocycles. The molecule has 1 heterocycles. The number of nitrogens with zero attached hydrogens (tertiary/aromatic N) is 2. The van der Waals surface area contributed by atoms with Crippen LogP contribution in [-0.2, 0) is 4.79 Å². The van der Waals surface area contributed by atoms with Gasteiger partial charge in [0.15, 0.2) is 7.28 Å². The smallest absolute Gasteiger partial charge is 0.221 e. The molecule has 0 atom stereocenters. The third kappa shape index (κ3) is 5.89. The number of anilines is 1. The maximum Gasteiger partial charge on any atom is 0.221 e. The first-order valence-corrected chi connectivity index (χ1v) is 9.70. The Morgan fingerprint density at radius 1 is 1.21 bits per heavy atom. The Hall–Kier alpha value is -2.73. The first-order chi connectivity index (χ1) is 13.6. The number of hydrogen-bond acceptors (Lipinski definition) is 4. The minimum absolute atomic E-state index is 0.0438. The van der Waals surface area contributed by atoms with Crippen molar-refractivity contribution in [2.45, 2.75) is 25.7 Å². The van der Waals surface area contributed by atoms with Crippen molar-refractivity contribution < 1.29 is 4.79 Å². The van der Waals surface area contributed by atoms with Crippen molar-refractivity contribution >= 4 is 24.3 Å². The quantitative estimate of drug-likeness (QED) is 0.574. The number of nitrogens with one attached hydrogen (secondary N) is 2. The van der Waals surface area contributed by atoms with Crippen molar-refractivity contribution in [3.8, 4) is 0 Å². The summed E-state index contributed by atoms with van der Waals surface area (Å²) in [6.07, 6.45) is 2.13. The molecular formula is C22H26BN4O. The number of amides is 1. The summed E-state index contributed by atoms with van der Waals surface area (Å²) >= 11 is 0. The van der Waals surface area contributed by atoms with Crippen LogP contribution in [0.5, 0.6) is 0 Å². The molecule has 0 bridgehead atoms. The van der Waals surface area contributed by atoms with Crippen molar-refractivity contribution in [1.82, 2.24) is 4.90 Å². The number of hydrogen-bond donors (Lipinski definition) is 2. The van der Waals surface area contributed by atoms with Gasteiger partial charge in [-0.15, -0.1) is 0 Å². The van der Waals surface area contributed by atoms with Crippen molar-refractivity contribution in [2.24, 2.45) is 5.11 Å². The third-order valence-corrected chi connectivity index (χ3v) is 5.06. The van der Waals surface area contributed by atoms with Crippen LogP contribution in [0.25, 0.3) is 0 Å².